The van der Waals surface area contributed by atoms with Crippen molar-refractivity contribution in [1.82, 2.24) is 14.8 Å². The summed E-state index contributed by atoms with van der Waals surface area (Å²) in [6.45, 7) is 6.22. The molecule has 0 aliphatic carbocycles. The molecule has 2 rings (SSSR count). The molecule has 0 atom stereocenters. The van der Waals surface area contributed by atoms with E-state index in [4.69, 9.17) is 16.3 Å². The molecule has 2 aromatic rings. The summed E-state index contributed by atoms with van der Waals surface area (Å²) in [6, 6.07) is 5.74. The van der Waals surface area contributed by atoms with E-state index in [1.807, 2.05) is 22.8 Å². The van der Waals surface area contributed by atoms with E-state index in [2.05, 4.69) is 46.9 Å². The molecule has 1 heterocycles. The van der Waals surface area contributed by atoms with Gasteiger partial charge in [-0.15, -0.1) is 10.2 Å². The lowest BCUT2D eigenvalue weighted by atomic mass is 9.95. The van der Waals surface area contributed by atoms with Crippen LogP contribution in [0.15, 0.2) is 22.7 Å². The van der Waals surface area contributed by atoms with Gasteiger partial charge in [-0.3, -0.25) is 4.57 Å². The van der Waals surface area contributed by atoms with E-state index in [0.29, 0.717) is 5.28 Å². The molecule has 0 aliphatic rings. The van der Waals surface area contributed by atoms with Crippen LogP contribution in [0.3, 0.4) is 0 Å². The number of hydrogen-bond acceptors (Lipinski definition) is 3. The van der Waals surface area contributed by atoms with Gasteiger partial charge in [-0.25, -0.2) is 0 Å². The maximum absolute atomic E-state index is 6.15. The van der Waals surface area contributed by atoms with Gasteiger partial charge in [-0.2, -0.15) is 0 Å². The minimum Gasteiger partial charge on any atom is -0.496 e. The standard InChI is InChI=1S/C13H15BrClN3O/c1-13(2,3)11-16-17-12(15)18(11)8-5-6-10(19-4)9(14)7-8/h5-7H,1-4H3. The summed E-state index contributed by atoms with van der Waals surface area (Å²) in [7, 11) is 1.63. The molecule has 19 heavy (non-hydrogen) atoms. The molecule has 0 saturated heterocycles. The van der Waals surface area contributed by atoms with Crippen molar-refractivity contribution in [1.29, 1.82) is 0 Å². The second-order valence-electron chi connectivity index (χ2n) is 5.20. The molecule has 0 fully saturated rings. The number of methoxy groups -OCH3 is 1. The number of nitrogens with zero attached hydrogens (tertiary/aromatic N) is 3. The van der Waals surface area contributed by atoms with Gasteiger partial charge in [-0.1, -0.05) is 20.8 Å². The molecule has 0 amide bonds. The number of aromatic nitrogens is 3. The SMILES string of the molecule is COc1ccc(-n2c(Cl)nnc2C(C)(C)C)cc1Br. The molecule has 4 nitrogen and oxygen atoms in total. The third-order valence-electron chi connectivity index (χ3n) is 2.69. The third-order valence-corrected chi connectivity index (χ3v) is 3.55. The van der Waals surface area contributed by atoms with Crippen LogP contribution in [0.1, 0.15) is 26.6 Å². The van der Waals surface area contributed by atoms with Crippen molar-refractivity contribution in [3.63, 3.8) is 0 Å². The molecular formula is C13H15BrClN3O. The summed E-state index contributed by atoms with van der Waals surface area (Å²) >= 11 is 9.62. The van der Waals surface area contributed by atoms with Gasteiger partial charge in [0.1, 0.15) is 11.6 Å². The van der Waals surface area contributed by atoms with Gasteiger partial charge in [0.2, 0.25) is 5.28 Å². The summed E-state index contributed by atoms with van der Waals surface area (Å²) in [5.74, 6) is 1.58. The lowest BCUT2D eigenvalue weighted by molar-refractivity contribution is 0.412. The molecule has 6 heteroatoms. The van der Waals surface area contributed by atoms with E-state index in [1.54, 1.807) is 7.11 Å². The van der Waals surface area contributed by atoms with E-state index >= 15 is 0 Å². The first-order chi connectivity index (χ1) is 8.84. The Hall–Kier alpha value is -1.07. The average Bonchev–Trinajstić information content (AvgIpc) is 2.70. The highest BCUT2D eigenvalue weighted by molar-refractivity contribution is 9.10. The van der Waals surface area contributed by atoms with Gasteiger partial charge in [0.05, 0.1) is 17.3 Å². The van der Waals surface area contributed by atoms with Gasteiger partial charge in [-0.05, 0) is 45.7 Å². The Morgan fingerprint density at radius 3 is 2.47 bits per heavy atom. The lowest BCUT2D eigenvalue weighted by Crippen LogP contribution is -2.18. The lowest BCUT2D eigenvalue weighted by Gasteiger charge is -2.19. The zero-order valence-electron chi connectivity index (χ0n) is 11.2. The molecule has 1 aromatic heterocycles. The molecule has 0 saturated carbocycles. The molecule has 1 aromatic carbocycles. The van der Waals surface area contributed by atoms with Crippen LogP contribution in [0, 0.1) is 0 Å². The summed E-state index contributed by atoms with van der Waals surface area (Å²) < 4.78 is 7.92. The fourth-order valence-corrected chi connectivity index (χ4v) is 2.52. The van der Waals surface area contributed by atoms with Crippen LogP contribution < -0.4 is 4.74 Å². The average molecular weight is 345 g/mol. The first kappa shape index (κ1) is 14.3. The first-order valence-electron chi connectivity index (χ1n) is 5.80. The van der Waals surface area contributed by atoms with Crippen LogP contribution >= 0.6 is 27.5 Å². The zero-order chi connectivity index (χ0) is 14.2. The molecule has 0 aliphatic heterocycles. The molecular weight excluding hydrogens is 330 g/mol. The van der Waals surface area contributed by atoms with Crippen LogP contribution in [0.4, 0.5) is 0 Å². The maximum atomic E-state index is 6.15. The van der Waals surface area contributed by atoms with Gasteiger partial charge in [0, 0.05) is 5.41 Å². The Bertz CT molecular complexity index is 604. The van der Waals surface area contributed by atoms with Crippen molar-refractivity contribution in [2.75, 3.05) is 7.11 Å². The van der Waals surface area contributed by atoms with Gasteiger partial charge < -0.3 is 4.74 Å². The monoisotopic (exact) mass is 343 g/mol. The predicted octanol–water partition coefficient (Wildman–Crippen LogP) is 3.99. The smallest absolute Gasteiger partial charge is 0.229 e. The van der Waals surface area contributed by atoms with Crippen LogP contribution in [0.5, 0.6) is 5.75 Å². The second-order valence-corrected chi connectivity index (χ2v) is 6.39. The maximum Gasteiger partial charge on any atom is 0.229 e. The molecule has 102 valence electrons. The van der Waals surface area contributed by atoms with Crippen molar-refractivity contribution < 1.29 is 4.74 Å². The minimum absolute atomic E-state index is 0.146. The zero-order valence-corrected chi connectivity index (χ0v) is 13.6. The second kappa shape index (κ2) is 5.13. The van der Waals surface area contributed by atoms with Crippen LogP contribution in [-0.2, 0) is 5.41 Å². The Labute approximate surface area is 125 Å². The summed E-state index contributed by atoms with van der Waals surface area (Å²) in [6.07, 6.45) is 0. The minimum atomic E-state index is -0.146. The Balaban J connectivity index is 2.59. The van der Waals surface area contributed by atoms with Crippen molar-refractivity contribution in [3.05, 3.63) is 33.8 Å². The van der Waals surface area contributed by atoms with E-state index in [1.165, 1.54) is 0 Å². The normalized spacial score (nSPS) is 11.7. The summed E-state index contributed by atoms with van der Waals surface area (Å²) in [5.41, 5.74) is 0.750. The number of hydrogen-bond donors (Lipinski definition) is 0. The number of rotatable bonds is 2. The van der Waals surface area contributed by atoms with Gasteiger partial charge in [0.15, 0.2) is 0 Å². The molecule has 0 unspecified atom stereocenters. The van der Waals surface area contributed by atoms with E-state index in [-0.39, 0.29) is 5.41 Å². The topological polar surface area (TPSA) is 39.9 Å². The Morgan fingerprint density at radius 1 is 1.26 bits per heavy atom. The number of halogens is 2. The van der Waals surface area contributed by atoms with Crippen molar-refractivity contribution >= 4 is 27.5 Å². The Morgan fingerprint density at radius 2 is 1.95 bits per heavy atom. The van der Waals surface area contributed by atoms with E-state index in [0.717, 1.165) is 21.7 Å². The fraction of sp³-hybridized carbons (Fsp3) is 0.385. The summed E-state index contributed by atoms with van der Waals surface area (Å²) in [5, 5.41) is 8.48. The molecule has 0 radical (unpaired) electrons. The Kier molecular flexibility index (Phi) is 3.87. The van der Waals surface area contributed by atoms with Crippen LogP contribution in [0.25, 0.3) is 5.69 Å². The van der Waals surface area contributed by atoms with Crippen molar-refractivity contribution in [2.24, 2.45) is 0 Å². The largest absolute Gasteiger partial charge is 0.496 e. The molecule has 0 N–H and O–H groups in total. The highest BCUT2D eigenvalue weighted by Crippen LogP contribution is 2.31. The molecule has 0 bridgehead atoms. The van der Waals surface area contributed by atoms with E-state index in [9.17, 15) is 0 Å². The van der Waals surface area contributed by atoms with Crippen LogP contribution in [-0.4, -0.2) is 21.9 Å². The highest BCUT2D eigenvalue weighted by Gasteiger charge is 2.24. The number of ether oxygens (including phenoxy) is 1. The fourth-order valence-electron chi connectivity index (χ4n) is 1.77. The number of benzene rings is 1. The summed E-state index contributed by atoms with van der Waals surface area (Å²) in [4.78, 5) is 0. The van der Waals surface area contributed by atoms with Gasteiger partial charge >= 0.3 is 0 Å². The van der Waals surface area contributed by atoms with Crippen LogP contribution in [0.2, 0.25) is 5.28 Å². The van der Waals surface area contributed by atoms with Crippen molar-refractivity contribution in [2.45, 2.75) is 26.2 Å². The predicted molar refractivity (Wildman–Crippen MR) is 79.3 cm³/mol. The first-order valence-corrected chi connectivity index (χ1v) is 6.97. The van der Waals surface area contributed by atoms with E-state index < -0.39 is 0 Å². The quantitative estimate of drug-likeness (QED) is 0.827. The van der Waals surface area contributed by atoms with Gasteiger partial charge in [0.25, 0.3) is 0 Å². The highest BCUT2D eigenvalue weighted by atomic mass is 79.9. The third kappa shape index (κ3) is 2.77. The molecule has 0 spiro atoms. The van der Waals surface area contributed by atoms with Crippen molar-refractivity contribution in [3.8, 4) is 11.4 Å².